The Morgan fingerprint density at radius 1 is 0.946 bits per heavy atom. The molecule has 9 nitrogen and oxygen atoms in total. The highest BCUT2D eigenvalue weighted by Gasteiger charge is 2.27. The minimum atomic E-state index is -1.13. The lowest BCUT2D eigenvalue weighted by Crippen LogP contribution is -2.42. The molecule has 1 aliphatic carbocycles. The smallest absolute Gasteiger partial charge is 0.330 e. The summed E-state index contributed by atoms with van der Waals surface area (Å²) in [5, 5.41) is 18.1. The van der Waals surface area contributed by atoms with Crippen molar-refractivity contribution in [1.29, 1.82) is 0 Å². The molecule has 0 spiro atoms. The zero-order chi connectivity index (χ0) is 26.4. The first-order chi connectivity index (χ1) is 17.8. The van der Waals surface area contributed by atoms with Gasteiger partial charge in [-0.1, -0.05) is 30.3 Å². The number of nitrogens with zero attached hydrogens (tertiary/aromatic N) is 2. The lowest BCUT2D eigenvalue weighted by atomic mass is 9.93. The number of carbonyl (C=O) groups excluding carboxylic acids is 2. The Labute approximate surface area is 215 Å². The summed E-state index contributed by atoms with van der Waals surface area (Å²) in [6, 6.07) is 8.94. The van der Waals surface area contributed by atoms with Gasteiger partial charge in [0.05, 0.1) is 11.3 Å². The van der Waals surface area contributed by atoms with Gasteiger partial charge in [-0.3, -0.25) is 4.79 Å². The van der Waals surface area contributed by atoms with E-state index >= 15 is 0 Å². The van der Waals surface area contributed by atoms with E-state index in [1.165, 1.54) is 6.33 Å². The molecule has 37 heavy (non-hydrogen) atoms. The highest BCUT2D eigenvalue weighted by molar-refractivity contribution is 6.08. The van der Waals surface area contributed by atoms with Crippen LogP contribution in [0, 0.1) is 13.8 Å². The van der Waals surface area contributed by atoms with Crippen molar-refractivity contribution < 1.29 is 19.5 Å². The van der Waals surface area contributed by atoms with Gasteiger partial charge in [-0.05, 0) is 73.9 Å². The predicted molar refractivity (Wildman–Crippen MR) is 141 cm³/mol. The predicted octanol–water partition coefficient (Wildman–Crippen LogP) is 5.09. The van der Waals surface area contributed by atoms with Crippen LogP contribution < -0.4 is 16.0 Å². The molecule has 0 unspecified atom stereocenters. The van der Waals surface area contributed by atoms with E-state index in [-0.39, 0.29) is 11.3 Å². The van der Waals surface area contributed by atoms with Gasteiger partial charge in [-0.25, -0.2) is 19.6 Å². The molecule has 9 heteroatoms. The van der Waals surface area contributed by atoms with E-state index in [2.05, 4.69) is 25.9 Å². The number of allylic oxidation sites excluding steroid dienone is 1. The fraction of sp³-hybridized carbons (Fsp3) is 0.250. The molecular weight excluding hydrogens is 470 g/mol. The van der Waals surface area contributed by atoms with E-state index in [4.69, 9.17) is 0 Å². The molecule has 3 aromatic rings. The van der Waals surface area contributed by atoms with Crippen LogP contribution in [0.25, 0.3) is 11.1 Å². The number of benzene rings is 2. The maximum Gasteiger partial charge on any atom is 0.330 e. The first kappa shape index (κ1) is 25.6. The zero-order valence-corrected chi connectivity index (χ0v) is 20.7. The number of para-hydroxylation sites is 1. The van der Waals surface area contributed by atoms with Crippen LogP contribution in [0.3, 0.4) is 0 Å². The molecule has 0 radical (unpaired) electrons. The fourth-order valence-electron chi connectivity index (χ4n) is 4.40. The molecule has 2 aromatic carbocycles. The number of aryl methyl sites for hydroxylation is 2. The second-order valence-corrected chi connectivity index (χ2v) is 9.00. The van der Waals surface area contributed by atoms with Crippen molar-refractivity contribution in [2.75, 3.05) is 10.6 Å². The van der Waals surface area contributed by atoms with E-state index in [1.54, 1.807) is 30.6 Å². The van der Waals surface area contributed by atoms with E-state index in [0.29, 0.717) is 28.8 Å². The first-order valence-electron chi connectivity index (χ1n) is 12.1. The average molecular weight is 500 g/mol. The number of amides is 3. The van der Waals surface area contributed by atoms with Gasteiger partial charge in [-0.15, -0.1) is 0 Å². The van der Waals surface area contributed by atoms with E-state index < -0.39 is 23.9 Å². The van der Waals surface area contributed by atoms with Crippen molar-refractivity contribution in [1.82, 2.24) is 15.3 Å². The molecule has 4 rings (SSSR count). The molecule has 0 fully saturated rings. The Hall–Kier alpha value is -4.53. The molecule has 0 bridgehead atoms. The Balaban J connectivity index is 1.65. The molecule has 1 aromatic heterocycles. The number of aromatic nitrogens is 2. The number of urea groups is 1. The topological polar surface area (TPSA) is 133 Å². The van der Waals surface area contributed by atoms with Crippen molar-refractivity contribution in [3.05, 3.63) is 83.5 Å². The standard InChI is InChI=1S/C28H29N5O4/c1-17-7-6-8-18(2)24(17)33-28(37)31-23-13-20(21-14-29-16-30-15-21)11-12-22(23)26(34)32-25(27(35)36)19-9-4-3-5-10-19/h6-9,11-16,25H,3-5,10H2,1-2H3,(H,32,34)(H,35,36)(H2,31,33,37)/t25-/m0/s1. The minimum Gasteiger partial charge on any atom is -0.479 e. The fourth-order valence-corrected chi connectivity index (χ4v) is 4.40. The van der Waals surface area contributed by atoms with Crippen LogP contribution in [-0.2, 0) is 4.79 Å². The Kier molecular flexibility index (Phi) is 7.92. The molecule has 1 atom stereocenters. The third-order valence-corrected chi connectivity index (χ3v) is 6.35. The number of carboxylic acids is 1. The zero-order valence-electron chi connectivity index (χ0n) is 20.7. The molecule has 4 N–H and O–H groups in total. The van der Waals surface area contributed by atoms with Gasteiger partial charge in [0.15, 0.2) is 0 Å². The molecule has 190 valence electrons. The lowest BCUT2D eigenvalue weighted by molar-refractivity contribution is -0.138. The normalized spacial score (nSPS) is 13.7. The maximum absolute atomic E-state index is 13.3. The second kappa shape index (κ2) is 11.5. The van der Waals surface area contributed by atoms with Gasteiger partial charge < -0.3 is 21.1 Å². The lowest BCUT2D eigenvalue weighted by Gasteiger charge is -2.22. The quantitative estimate of drug-likeness (QED) is 0.335. The third-order valence-electron chi connectivity index (χ3n) is 6.35. The minimum absolute atomic E-state index is 0.139. The van der Waals surface area contributed by atoms with Crippen molar-refractivity contribution in [2.45, 2.75) is 45.6 Å². The summed E-state index contributed by atoms with van der Waals surface area (Å²) in [6.45, 7) is 3.78. The van der Waals surface area contributed by atoms with Crippen LogP contribution in [0.4, 0.5) is 16.2 Å². The molecule has 3 amide bonds. The van der Waals surface area contributed by atoms with Crippen LogP contribution in [0.15, 0.2) is 66.8 Å². The SMILES string of the molecule is Cc1cccc(C)c1NC(=O)Nc1cc(-c2cncnc2)ccc1C(=O)N[C@H](C(=O)O)C1=CCCCC1. The third kappa shape index (κ3) is 6.19. The van der Waals surface area contributed by atoms with E-state index in [1.807, 2.05) is 38.1 Å². The summed E-state index contributed by atoms with van der Waals surface area (Å²) in [4.78, 5) is 46.4. The molecule has 0 saturated carbocycles. The van der Waals surface area contributed by atoms with E-state index in [0.717, 1.165) is 30.4 Å². The highest BCUT2D eigenvalue weighted by atomic mass is 16.4. The number of anilines is 2. The average Bonchev–Trinajstić information content (AvgIpc) is 2.90. The van der Waals surface area contributed by atoms with E-state index in [9.17, 15) is 19.5 Å². The summed E-state index contributed by atoms with van der Waals surface area (Å²) in [5.74, 6) is -1.72. The summed E-state index contributed by atoms with van der Waals surface area (Å²) >= 11 is 0. The molecule has 1 heterocycles. The van der Waals surface area contributed by atoms with Crippen LogP contribution in [0.2, 0.25) is 0 Å². The summed E-state index contributed by atoms with van der Waals surface area (Å²) in [6.07, 6.45) is 9.83. The van der Waals surface area contributed by atoms with Gasteiger partial charge in [0, 0.05) is 23.6 Å². The second-order valence-electron chi connectivity index (χ2n) is 9.00. The monoisotopic (exact) mass is 499 g/mol. The van der Waals surface area contributed by atoms with Gasteiger partial charge in [0.2, 0.25) is 0 Å². The van der Waals surface area contributed by atoms with Gasteiger partial charge in [-0.2, -0.15) is 0 Å². The number of carboxylic acid groups (broad SMARTS) is 1. The van der Waals surface area contributed by atoms with Crippen LogP contribution >= 0.6 is 0 Å². The van der Waals surface area contributed by atoms with Crippen LogP contribution in [0.1, 0.15) is 47.2 Å². The molecule has 0 saturated heterocycles. The Bertz CT molecular complexity index is 1330. The number of carbonyl (C=O) groups is 3. The van der Waals surface area contributed by atoms with Crippen molar-refractivity contribution in [3.8, 4) is 11.1 Å². The maximum atomic E-state index is 13.3. The first-order valence-corrected chi connectivity index (χ1v) is 12.1. The van der Waals surface area contributed by atoms with Gasteiger partial charge in [0.25, 0.3) is 5.91 Å². The molecule has 1 aliphatic rings. The number of aliphatic carboxylic acids is 1. The van der Waals surface area contributed by atoms with Crippen molar-refractivity contribution in [3.63, 3.8) is 0 Å². The summed E-state index contributed by atoms with van der Waals surface area (Å²) in [7, 11) is 0. The number of hydrogen-bond acceptors (Lipinski definition) is 5. The van der Waals surface area contributed by atoms with Crippen LogP contribution in [0.5, 0.6) is 0 Å². The molecular formula is C28H29N5O4. The largest absolute Gasteiger partial charge is 0.479 e. The Morgan fingerprint density at radius 2 is 1.68 bits per heavy atom. The number of nitrogens with one attached hydrogen (secondary N) is 3. The highest BCUT2D eigenvalue weighted by Crippen LogP contribution is 2.27. The van der Waals surface area contributed by atoms with Crippen LogP contribution in [-0.4, -0.2) is 39.0 Å². The van der Waals surface area contributed by atoms with Gasteiger partial charge in [0.1, 0.15) is 12.4 Å². The van der Waals surface area contributed by atoms with Crippen molar-refractivity contribution in [2.24, 2.45) is 0 Å². The molecule has 0 aliphatic heterocycles. The summed E-state index contributed by atoms with van der Waals surface area (Å²) in [5.41, 5.74) is 4.90. The van der Waals surface area contributed by atoms with Gasteiger partial charge >= 0.3 is 12.0 Å². The van der Waals surface area contributed by atoms with Crippen molar-refractivity contribution >= 4 is 29.3 Å². The summed E-state index contributed by atoms with van der Waals surface area (Å²) < 4.78 is 0. The number of hydrogen-bond donors (Lipinski definition) is 4. The Morgan fingerprint density at radius 3 is 2.32 bits per heavy atom. The number of rotatable bonds is 7.